The van der Waals surface area contributed by atoms with Crippen molar-refractivity contribution in [3.05, 3.63) is 35.6 Å². The van der Waals surface area contributed by atoms with E-state index < -0.39 is 0 Å². The molecular weight excluding hydrogens is 215 g/mol. The number of nitrogens with one attached hydrogen (secondary N) is 1. The fraction of sp³-hybridized carbons (Fsp3) is 0.571. The second-order valence-electron chi connectivity index (χ2n) is 4.68. The first-order valence-electron chi connectivity index (χ1n) is 6.49. The fourth-order valence-electron chi connectivity index (χ4n) is 2.53. The Morgan fingerprint density at radius 1 is 1.35 bits per heavy atom. The van der Waals surface area contributed by atoms with Gasteiger partial charge in [-0.25, -0.2) is 4.39 Å². The number of rotatable bonds is 5. The summed E-state index contributed by atoms with van der Waals surface area (Å²) in [6, 6.07) is 7.40. The molecule has 94 valence electrons. The third-order valence-corrected chi connectivity index (χ3v) is 3.53. The lowest BCUT2D eigenvalue weighted by Crippen LogP contribution is -2.37. The van der Waals surface area contributed by atoms with Gasteiger partial charge >= 0.3 is 0 Å². The molecule has 0 amide bonds. The summed E-state index contributed by atoms with van der Waals surface area (Å²) in [5.41, 5.74) is 1.15. The normalized spacial score (nSPS) is 20.9. The number of likely N-dealkylation sites (N-methyl/N-ethyl adjacent to an activating group) is 1. The van der Waals surface area contributed by atoms with Gasteiger partial charge in [0, 0.05) is 19.1 Å². The van der Waals surface area contributed by atoms with E-state index in [0.29, 0.717) is 6.04 Å². The zero-order valence-electron chi connectivity index (χ0n) is 10.5. The summed E-state index contributed by atoms with van der Waals surface area (Å²) in [6.45, 7) is 6.46. The largest absolute Gasteiger partial charge is 0.311 e. The summed E-state index contributed by atoms with van der Waals surface area (Å²) in [5, 5.41) is 3.46. The Morgan fingerprint density at radius 2 is 2.12 bits per heavy atom. The van der Waals surface area contributed by atoms with Crippen molar-refractivity contribution in [3.63, 3.8) is 0 Å². The molecule has 3 heteroatoms. The van der Waals surface area contributed by atoms with Crippen LogP contribution in [0.15, 0.2) is 24.3 Å². The molecule has 0 unspecified atom stereocenters. The highest BCUT2D eigenvalue weighted by molar-refractivity contribution is 5.15. The van der Waals surface area contributed by atoms with Crippen molar-refractivity contribution in [1.82, 2.24) is 10.2 Å². The van der Waals surface area contributed by atoms with Crippen LogP contribution >= 0.6 is 0 Å². The van der Waals surface area contributed by atoms with Crippen molar-refractivity contribution in [2.24, 2.45) is 0 Å². The van der Waals surface area contributed by atoms with Gasteiger partial charge in [0.15, 0.2) is 0 Å². The summed E-state index contributed by atoms with van der Waals surface area (Å²) < 4.78 is 12.7. The van der Waals surface area contributed by atoms with Crippen LogP contribution in [0.2, 0.25) is 0 Å². The first-order valence-corrected chi connectivity index (χ1v) is 6.49. The van der Waals surface area contributed by atoms with Crippen LogP contribution in [0.1, 0.15) is 25.3 Å². The van der Waals surface area contributed by atoms with Crippen LogP contribution < -0.4 is 5.32 Å². The van der Waals surface area contributed by atoms with Gasteiger partial charge in [-0.3, -0.25) is 4.90 Å². The number of halogens is 1. The second kappa shape index (κ2) is 6.12. The minimum absolute atomic E-state index is 0.165. The average Bonchev–Trinajstić information content (AvgIpc) is 2.79. The Morgan fingerprint density at radius 3 is 2.82 bits per heavy atom. The highest BCUT2D eigenvalue weighted by Gasteiger charge is 2.21. The van der Waals surface area contributed by atoms with E-state index in [0.717, 1.165) is 25.2 Å². The first-order chi connectivity index (χ1) is 8.29. The van der Waals surface area contributed by atoms with Gasteiger partial charge in [-0.2, -0.15) is 0 Å². The van der Waals surface area contributed by atoms with Crippen LogP contribution in [0.25, 0.3) is 0 Å². The molecule has 1 aromatic carbocycles. The molecule has 2 nitrogen and oxygen atoms in total. The molecule has 1 atom stereocenters. The molecule has 1 heterocycles. The van der Waals surface area contributed by atoms with E-state index in [-0.39, 0.29) is 5.82 Å². The van der Waals surface area contributed by atoms with Gasteiger partial charge < -0.3 is 5.32 Å². The number of hydrogen-bond donors (Lipinski definition) is 1. The third kappa shape index (κ3) is 3.51. The zero-order chi connectivity index (χ0) is 12.1. The number of likely N-dealkylation sites (tertiary alicyclic amines) is 1. The minimum atomic E-state index is -0.165. The topological polar surface area (TPSA) is 15.3 Å². The van der Waals surface area contributed by atoms with E-state index in [1.54, 1.807) is 0 Å². The van der Waals surface area contributed by atoms with Crippen LogP contribution in [-0.2, 0) is 6.54 Å². The molecule has 0 aliphatic carbocycles. The molecule has 1 aliphatic rings. The van der Waals surface area contributed by atoms with Gasteiger partial charge in [0.05, 0.1) is 0 Å². The Labute approximate surface area is 103 Å². The maximum absolute atomic E-state index is 12.7. The van der Waals surface area contributed by atoms with Gasteiger partial charge in [0.2, 0.25) is 0 Å². The van der Waals surface area contributed by atoms with Gasteiger partial charge in [-0.15, -0.1) is 0 Å². The minimum Gasteiger partial charge on any atom is -0.311 e. The van der Waals surface area contributed by atoms with Crippen molar-refractivity contribution in [1.29, 1.82) is 0 Å². The molecule has 0 bridgehead atoms. The molecule has 1 aliphatic heterocycles. The van der Waals surface area contributed by atoms with E-state index in [4.69, 9.17) is 0 Å². The predicted octanol–water partition coefficient (Wildman–Crippen LogP) is 2.40. The lowest BCUT2D eigenvalue weighted by Gasteiger charge is -2.22. The van der Waals surface area contributed by atoms with E-state index in [2.05, 4.69) is 17.1 Å². The van der Waals surface area contributed by atoms with Gasteiger partial charge in [-0.1, -0.05) is 19.1 Å². The molecule has 0 spiro atoms. The molecule has 1 fully saturated rings. The summed E-state index contributed by atoms with van der Waals surface area (Å²) in [4.78, 5) is 2.53. The van der Waals surface area contributed by atoms with E-state index in [9.17, 15) is 4.39 Å². The maximum Gasteiger partial charge on any atom is 0.123 e. The maximum atomic E-state index is 12.7. The van der Waals surface area contributed by atoms with Crippen molar-refractivity contribution in [2.75, 3.05) is 19.6 Å². The molecule has 1 N–H and O–H groups in total. The Bertz CT molecular complexity index is 337. The predicted molar refractivity (Wildman–Crippen MR) is 68.4 cm³/mol. The summed E-state index contributed by atoms with van der Waals surface area (Å²) in [5.74, 6) is -0.165. The van der Waals surface area contributed by atoms with E-state index in [1.165, 1.54) is 31.5 Å². The lowest BCUT2D eigenvalue weighted by molar-refractivity contribution is 0.260. The smallest absolute Gasteiger partial charge is 0.123 e. The molecule has 1 aromatic rings. The number of benzene rings is 1. The molecule has 2 rings (SSSR count). The van der Waals surface area contributed by atoms with Crippen molar-refractivity contribution in [2.45, 2.75) is 32.4 Å². The first kappa shape index (κ1) is 12.5. The molecule has 0 saturated carbocycles. The summed E-state index contributed by atoms with van der Waals surface area (Å²) in [6.07, 6.45) is 2.61. The highest BCUT2D eigenvalue weighted by Crippen LogP contribution is 2.15. The van der Waals surface area contributed by atoms with E-state index in [1.807, 2.05) is 12.1 Å². The quantitative estimate of drug-likeness (QED) is 0.844. The van der Waals surface area contributed by atoms with Crippen LogP contribution in [0.5, 0.6) is 0 Å². The molecule has 17 heavy (non-hydrogen) atoms. The van der Waals surface area contributed by atoms with Gasteiger partial charge in [0.1, 0.15) is 5.82 Å². The summed E-state index contributed by atoms with van der Waals surface area (Å²) >= 11 is 0. The fourth-order valence-corrected chi connectivity index (χ4v) is 2.53. The Kier molecular flexibility index (Phi) is 4.51. The Hall–Kier alpha value is -0.930. The Balaban J connectivity index is 1.74. The molecule has 1 saturated heterocycles. The van der Waals surface area contributed by atoms with Crippen LogP contribution in [0, 0.1) is 5.82 Å². The molecule has 0 radical (unpaired) electrons. The second-order valence-corrected chi connectivity index (χ2v) is 4.68. The van der Waals surface area contributed by atoms with Crippen LogP contribution in [0.4, 0.5) is 4.39 Å². The van der Waals surface area contributed by atoms with Crippen molar-refractivity contribution in [3.8, 4) is 0 Å². The summed E-state index contributed by atoms with van der Waals surface area (Å²) in [7, 11) is 0. The highest BCUT2D eigenvalue weighted by atomic mass is 19.1. The van der Waals surface area contributed by atoms with Crippen LogP contribution in [-0.4, -0.2) is 30.6 Å². The monoisotopic (exact) mass is 236 g/mol. The standard InChI is InChI=1S/C14H21FN2/c1-2-17-9-3-4-14(17)11-16-10-12-5-7-13(15)8-6-12/h5-8,14,16H,2-4,9-11H2,1H3/t14-/m0/s1. The van der Waals surface area contributed by atoms with E-state index >= 15 is 0 Å². The van der Waals surface area contributed by atoms with Gasteiger partial charge in [-0.05, 0) is 43.6 Å². The molecular formula is C14H21FN2. The third-order valence-electron chi connectivity index (χ3n) is 3.53. The van der Waals surface area contributed by atoms with Gasteiger partial charge in [0.25, 0.3) is 0 Å². The molecule has 0 aromatic heterocycles. The zero-order valence-corrected chi connectivity index (χ0v) is 10.5. The van der Waals surface area contributed by atoms with Crippen molar-refractivity contribution >= 4 is 0 Å². The number of nitrogens with zero attached hydrogens (tertiary/aromatic N) is 1. The number of hydrogen-bond acceptors (Lipinski definition) is 2. The van der Waals surface area contributed by atoms with Crippen LogP contribution in [0.3, 0.4) is 0 Å². The van der Waals surface area contributed by atoms with Crippen molar-refractivity contribution < 1.29 is 4.39 Å². The lowest BCUT2D eigenvalue weighted by atomic mass is 10.2. The SMILES string of the molecule is CCN1CCC[C@H]1CNCc1ccc(F)cc1. The average molecular weight is 236 g/mol.